The van der Waals surface area contributed by atoms with Gasteiger partial charge in [0, 0.05) is 0 Å². The molecule has 0 unspecified atom stereocenters. The summed E-state index contributed by atoms with van der Waals surface area (Å²) in [6.45, 7) is 8.08. The first-order chi connectivity index (χ1) is 3.63. The highest BCUT2D eigenvalue weighted by molar-refractivity contribution is 5.85. The maximum absolute atomic E-state index is 3.95. The number of rotatable bonds is 2. The van der Waals surface area contributed by atoms with Crippen molar-refractivity contribution >= 4 is 12.4 Å². The van der Waals surface area contributed by atoms with Crippen LogP contribution in [0.5, 0.6) is 0 Å². The summed E-state index contributed by atoms with van der Waals surface area (Å²) in [7, 11) is 0. The topological polar surface area (TPSA) is 24.7 Å². The zero-order chi connectivity index (χ0) is 6.57. The molecule has 0 spiro atoms. The van der Waals surface area contributed by atoms with E-state index in [0.29, 0.717) is 12.1 Å². The molecule has 2 nitrogen and oxygen atoms in total. The molecule has 0 bridgehead atoms. The van der Waals surface area contributed by atoms with E-state index in [1.165, 1.54) is 0 Å². The molecule has 0 N–H and O–H groups in total. The lowest BCUT2D eigenvalue weighted by Crippen LogP contribution is -1.90. The van der Waals surface area contributed by atoms with Crippen LogP contribution >= 0.6 is 12.4 Å². The van der Waals surface area contributed by atoms with Crippen LogP contribution in [0.1, 0.15) is 27.7 Å². The van der Waals surface area contributed by atoms with Crippen molar-refractivity contribution in [3.05, 3.63) is 0 Å². The molecule has 0 aromatic heterocycles. The maximum atomic E-state index is 3.95. The summed E-state index contributed by atoms with van der Waals surface area (Å²) in [5, 5.41) is 7.90. The van der Waals surface area contributed by atoms with Crippen LogP contribution in [0.25, 0.3) is 0 Å². The van der Waals surface area contributed by atoms with Gasteiger partial charge in [-0.25, -0.2) is 0 Å². The van der Waals surface area contributed by atoms with Gasteiger partial charge >= 0.3 is 0 Å². The minimum Gasteiger partial charge on any atom is -0.191 e. The van der Waals surface area contributed by atoms with Crippen LogP contribution in [-0.2, 0) is 0 Å². The van der Waals surface area contributed by atoms with E-state index in [1.54, 1.807) is 0 Å². The van der Waals surface area contributed by atoms with Crippen molar-refractivity contribution in [2.45, 2.75) is 39.8 Å². The van der Waals surface area contributed by atoms with Crippen molar-refractivity contribution in [1.82, 2.24) is 0 Å². The van der Waals surface area contributed by atoms with Crippen LogP contribution in [0.15, 0.2) is 10.2 Å². The lowest BCUT2D eigenvalue weighted by Gasteiger charge is -1.94. The molecule has 0 saturated carbocycles. The quantitative estimate of drug-likeness (QED) is 0.541. The van der Waals surface area contributed by atoms with Crippen molar-refractivity contribution in [1.29, 1.82) is 0 Å². The zero-order valence-corrected chi connectivity index (χ0v) is 7.27. The summed E-state index contributed by atoms with van der Waals surface area (Å²) >= 11 is 0. The molecule has 3 heteroatoms. The third kappa shape index (κ3) is 11.4. The van der Waals surface area contributed by atoms with Gasteiger partial charge in [0.2, 0.25) is 0 Å². The minimum absolute atomic E-state index is 0. The van der Waals surface area contributed by atoms with E-state index in [0.717, 1.165) is 0 Å². The summed E-state index contributed by atoms with van der Waals surface area (Å²) in [6.07, 6.45) is 0. The number of hydrogen-bond donors (Lipinski definition) is 0. The van der Waals surface area contributed by atoms with E-state index in [9.17, 15) is 0 Å². The standard InChI is InChI=1S/C6H14N2.ClH/c1-5(2)7-8-6(3)4;/h5-6H,1-4H3;1H/b8-7+;. The highest BCUT2D eigenvalue weighted by atomic mass is 35.5. The molecule has 0 fully saturated rings. The Balaban J connectivity index is 0. The molecular weight excluding hydrogens is 136 g/mol. The van der Waals surface area contributed by atoms with Crippen LogP contribution in [-0.4, -0.2) is 12.1 Å². The number of halogens is 1. The van der Waals surface area contributed by atoms with Crippen molar-refractivity contribution in [2.24, 2.45) is 10.2 Å². The Morgan fingerprint density at radius 2 is 1.00 bits per heavy atom. The van der Waals surface area contributed by atoms with Crippen LogP contribution in [0.3, 0.4) is 0 Å². The number of hydrogen-bond acceptors (Lipinski definition) is 2. The van der Waals surface area contributed by atoms with E-state index in [-0.39, 0.29) is 12.4 Å². The summed E-state index contributed by atoms with van der Waals surface area (Å²) in [5.74, 6) is 0. The van der Waals surface area contributed by atoms with E-state index in [1.807, 2.05) is 27.7 Å². The Hall–Kier alpha value is -0.110. The van der Waals surface area contributed by atoms with Crippen LogP contribution in [0, 0.1) is 0 Å². The second-order valence-corrected chi connectivity index (χ2v) is 2.42. The Labute approximate surface area is 63.2 Å². The third-order valence-corrected chi connectivity index (χ3v) is 0.529. The molecule has 0 aromatic rings. The molecule has 0 amide bonds. The van der Waals surface area contributed by atoms with Crippen LogP contribution in [0.2, 0.25) is 0 Å². The van der Waals surface area contributed by atoms with Gasteiger partial charge in [0.05, 0.1) is 12.1 Å². The highest BCUT2D eigenvalue weighted by Gasteiger charge is 1.87. The first-order valence-electron chi connectivity index (χ1n) is 3.03. The lowest BCUT2D eigenvalue weighted by molar-refractivity contribution is 0.678. The smallest absolute Gasteiger partial charge is 0.0652 e. The summed E-state index contributed by atoms with van der Waals surface area (Å²) in [6, 6.07) is 0.690. The van der Waals surface area contributed by atoms with E-state index in [4.69, 9.17) is 0 Å². The fraction of sp³-hybridized carbons (Fsp3) is 1.00. The molecule has 0 aliphatic heterocycles. The molecule has 0 heterocycles. The molecular formula is C6H15ClN2. The molecule has 0 radical (unpaired) electrons. The SMILES string of the molecule is CC(C)/N=N/C(C)C.Cl. The minimum atomic E-state index is 0. The van der Waals surface area contributed by atoms with Gasteiger partial charge in [-0.2, -0.15) is 10.2 Å². The largest absolute Gasteiger partial charge is 0.191 e. The summed E-state index contributed by atoms with van der Waals surface area (Å²) in [5.41, 5.74) is 0. The third-order valence-electron chi connectivity index (χ3n) is 0.529. The highest BCUT2D eigenvalue weighted by Crippen LogP contribution is 1.91. The molecule has 0 saturated heterocycles. The average molecular weight is 151 g/mol. The van der Waals surface area contributed by atoms with Crippen molar-refractivity contribution in [3.63, 3.8) is 0 Å². The van der Waals surface area contributed by atoms with E-state index in [2.05, 4.69) is 10.2 Å². The van der Waals surface area contributed by atoms with Gasteiger partial charge in [0.15, 0.2) is 0 Å². The van der Waals surface area contributed by atoms with Gasteiger partial charge in [0.1, 0.15) is 0 Å². The predicted octanol–water partition coefficient (Wildman–Crippen LogP) is 2.68. The Kier molecular flexibility index (Phi) is 7.79. The first-order valence-corrected chi connectivity index (χ1v) is 3.03. The van der Waals surface area contributed by atoms with Gasteiger partial charge in [-0.05, 0) is 27.7 Å². The molecule has 0 atom stereocenters. The number of azo groups is 1. The summed E-state index contributed by atoms with van der Waals surface area (Å²) < 4.78 is 0. The van der Waals surface area contributed by atoms with Gasteiger partial charge in [-0.15, -0.1) is 12.4 Å². The molecule has 56 valence electrons. The zero-order valence-electron chi connectivity index (χ0n) is 6.46. The van der Waals surface area contributed by atoms with Crippen molar-refractivity contribution < 1.29 is 0 Å². The molecule has 0 aliphatic rings. The molecule has 0 rings (SSSR count). The van der Waals surface area contributed by atoms with Gasteiger partial charge < -0.3 is 0 Å². The fourth-order valence-electron chi connectivity index (χ4n) is 0.267. The van der Waals surface area contributed by atoms with Crippen LogP contribution in [0.4, 0.5) is 0 Å². The number of nitrogens with zero attached hydrogens (tertiary/aromatic N) is 2. The lowest BCUT2D eigenvalue weighted by atomic mass is 10.4. The average Bonchev–Trinajstić information content (AvgIpc) is 1.61. The fourth-order valence-corrected chi connectivity index (χ4v) is 0.267. The normalized spacial score (nSPS) is 10.9. The van der Waals surface area contributed by atoms with Crippen molar-refractivity contribution in [2.75, 3.05) is 0 Å². The molecule has 0 aliphatic carbocycles. The van der Waals surface area contributed by atoms with Crippen molar-refractivity contribution in [3.8, 4) is 0 Å². The first kappa shape index (κ1) is 11.7. The molecule has 0 aromatic carbocycles. The monoisotopic (exact) mass is 150 g/mol. The molecule has 9 heavy (non-hydrogen) atoms. The van der Waals surface area contributed by atoms with E-state index >= 15 is 0 Å². The second kappa shape index (κ2) is 6.02. The van der Waals surface area contributed by atoms with Gasteiger partial charge in [-0.3, -0.25) is 0 Å². The Morgan fingerprint density at radius 3 is 1.11 bits per heavy atom. The summed E-state index contributed by atoms with van der Waals surface area (Å²) in [4.78, 5) is 0. The van der Waals surface area contributed by atoms with E-state index < -0.39 is 0 Å². The van der Waals surface area contributed by atoms with Gasteiger partial charge in [0.25, 0.3) is 0 Å². The maximum Gasteiger partial charge on any atom is 0.0652 e. The Morgan fingerprint density at radius 1 is 0.778 bits per heavy atom. The second-order valence-electron chi connectivity index (χ2n) is 2.42. The predicted molar refractivity (Wildman–Crippen MR) is 42.4 cm³/mol. The Bertz CT molecular complexity index is 69.1. The van der Waals surface area contributed by atoms with Crippen LogP contribution < -0.4 is 0 Å². The van der Waals surface area contributed by atoms with Gasteiger partial charge in [-0.1, -0.05) is 0 Å².